The molecule has 0 aromatic heterocycles. The van der Waals surface area contributed by atoms with Crippen molar-refractivity contribution in [3.63, 3.8) is 0 Å². The number of carbonyl (C=O) groups is 1. The minimum atomic E-state index is -0.117. The van der Waals surface area contributed by atoms with Crippen LogP contribution in [0.15, 0.2) is 24.3 Å². The normalized spacial score (nSPS) is 10.6. The Hall–Kier alpha value is -0.760. The summed E-state index contributed by atoms with van der Waals surface area (Å²) >= 11 is 3.92. The SMILES string of the molecule is CCCCCCCCCc1ccccc1C(=O)S. The summed E-state index contributed by atoms with van der Waals surface area (Å²) in [6.45, 7) is 2.24. The Morgan fingerprint density at radius 3 is 2.28 bits per heavy atom. The number of thiol groups is 1. The standard InChI is InChI=1S/C16H24OS/c1-2-3-4-5-6-7-8-11-14-12-9-10-13-15(14)16(17)18/h9-10,12-13H,2-8,11H2,1H3,(H,17,18). The Balaban J connectivity index is 2.25. The van der Waals surface area contributed by atoms with Crippen LogP contribution in [0.2, 0.25) is 0 Å². The number of aryl methyl sites for hydroxylation is 1. The van der Waals surface area contributed by atoms with Crippen molar-refractivity contribution in [1.82, 2.24) is 0 Å². The summed E-state index contributed by atoms with van der Waals surface area (Å²) in [6, 6.07) is 7.81. The molecule has 0 spiro atoms. The van der Waals surface area contributed by atoms with Crippen molar-refractivity contribution in [2.45, 2.75) is 58.3 Å². The van der Waals surface area contributed by atoms with E-state index in [0.717, 1.165) is 17.5 Å². The van der Waals surface area contributed by atoms with Crippen molar-refractivity contribution in [3.8, 4) is 0 Å². The van der Waals surface area contributed by atoms with Crippen molar-refractivity contribution >= 4 is 17.7 Å². The fraction of sp³-hybridized carbons (Fsp3) is 0.562. The van der Waals surface area contributed by atoms with Gasteiger partial charge in [0, 0.05) is 5.56 Å². The number of hydrogen-bond donors (Lipinski definition) is 1. The van der Waals surface area contributed by atoms with Gasteiger partial charge in [0.15, 0.2) is 0 Å². The van der Waals surface area contributed by atoms with Gasteiger partial charge in [0.25, 0.3) is 0 Å². The van der Waals surface area contributed by atoms with Gasteiger partial charge in [-0.25, -0.2) is 0 Å². The van der Waals surface area contributed by atoms with Crippen LogP contribution in [0.3, 0.4) is 0 Å². The largest absolute Gasteiger partial charge is 0.282 e. The highest BCUT2D eigenvalue weighted by Crippen LogP contribution is 2.15. The third-order valence-corrected chi connectivity index (χ3v) is 3.54. The van der Waals surface area contributed by atoms with E-state index in [-0.39, 0.29) is 5.12 Å². The van der Waals surface area contributed by atoms with Gasteiger partial charge in [-0.05, 0) is 18.4 Å². The van der Waals surface area contributed by atoms with Gasteiger partial charge in [0.1, 0.15) is 0 Å². The maximum Gasteiger partial charge on any atom is 0.216 e. The highest BCUT2D eigenvalue weighted by Gasteiger charge is 2.06. The fourth-order valence-electron chi connectivity index (χ4n) is 2.22. The molecule has 1 nitrogen and oxygen atoms in total. The van der Waals surface area contributed by atoms with Crippen LogP contribution in [0.4, 0.5) is 0 Å². The zero-order valence-corrected chi connectivity index (χ0v) is 12.2. The van der Waals surface area contributed by atoms with E-state index in [4.69, 9.17) is 0 Å². The molecular weight excluding hydrogens is 240 g/mol. The van der Waals surface area contributed by atoms with Gasteiger partial charge in [-0.1, -0.05) is 69.7 Å². The molecule has 0 bridgehead atoms. The van der Waals surface area contributed by atoms with Gasteiger partial charge >= 0.3 is 0 Å². The van der Waals surface area contributed by atoms with E-state index in [1.165, 1.54) is 44.9 Å². The monoisotopic (exact) mass is 264 g/mol. The number of benzene rings is 1. The van der Waals surface area contributed by atoms with Crippen LogP contribution in [0.1, 0.15) is 67.8 Å². The molecule has 1 aromatic carbocycles. The van der Waals surface area contributed by atoms with E-state index >= 15 is 0 Å². The molecule has 2 heteroatoms. The lowest BCUT2D eigenvalue weighted by Gasteiger charge is -2.06. The first kappa shape index (κ1) is 15.3. The zero-order valence-electron chi connectivity index (χ0n) is 11.3. The topological polar surface area (TPSA) is 17.1 Å². The first-order chi connectivity index (χ1) is 8.75. The molecule has 0 saturated carbocycles. The average molecular weight is 264 g/mol. The minimum absolute atomic E-state index is 0.117. The first-order valence-corrected chi connectivity index (χ1v) is 7.51. The van der Waals surface area contributed by atoms with Gasteiger partial charge < -0.3 is 0 Å². The van der Waals surface area contributed by atoms with Gasteiger partial charge in [-0.15, -0.1) is 12.6 Å². The second-order valence-electron chi connectivity index (χ2n) is 4.83. The molecule has 0 saturated heterocycles. The molecule has 0 unspecified atom stereocenters. The molecule has 0 atom stereocenters. The Labute approximate surface area is 116 Å². The minimum Gasteiger partial charge on any atom is -0.282 e. The van der Waals surface area contributed by atoms with Crippen LogP contribution in [-0.2, 0) is 6.42 Å². The smallest absolute Gasteiger partial charge is 0.216 e. The van der Waals surface area contributed by atoms with E-state index in [1.807, 2.05) is 24.3 Å². The molecule has 0 fully saturated rings. The highest BCUT2D eigenvalue weighted by atomic mass is 32.1. The number of unbranched alkanes of at least 4 members (excludes halogenated alkanes) is 6. The van der Waals surface area contributed by atoms with E-state index in [2.05, 4.69) is 19.6 Å². The predicted octanol–water partition coefficient (Wildman–Crippen LogP) is 5.05. The van der Waals surface area contributed by atoms with Gasteiger partial charge in [-0.3, -0.25) is 4.79 Å². The molecule has 0 aliphatic heterocycles. The molecular formula is C16H24OS. The molecule has 100 valence electrons. The molecule has 0 heterocycles. The molecule has 0 N–H and O–H groups in total. The second-order valence-corrected chi connectivity index (χ2v) is 5.24. The van der Waals surface area contributed by atoms with Gasteiger partial charge in [0.2, 0.25) is 5.12 Å². The van der Waals surface area contributed by atoms with Gasteiger partial charge in [-0.2, -0.15) is 0 Å². The average Bonchev–Trinajstić information content (AvgIpc) is 2.38. The fourth-order valence-corrected chi connectivity index (χ4v) is 2.44. The van der Waals surface area contributed by atoms with Crippen molar-refractivity contribution in [1.29, 1.82) is 0 Å². The Morgan fingerprint density at radius 2 is 1.61 bits per heavy atom. The van der Waals surface area contributed by atoms with Crippen LogP contribution in [0.25, 0.3) is 0 Å². The number of hydrogen-bond acceptors (Lipinski definition) is 1. The van der Waals surface area contributed by atoms with Crippen LogP contribution in [0.5, 0.6) is 0 Å². The lowest BCUT2D eigenvalue weighted by atomic mass is 10.0. The maximum absolute atomic E-state index is 11.3. The maximum atomic E-state index is 11.3. The van der Waals surface area contributed by atoms with Crippen molar-refractivity contribution in [3.05, 3.63) is 35.4 Å². The molecule has 0 amide bonds. The van der Waals surface area contributed by atoms with Crippen molar-refractivity contribution in [2.75, 3.05) is 0 Å². The van der Waals surface area contributed by atoms with Crippen molar-refractivity contribution < 1.29 is 4.79 Å². The van der Waals surface area contributed by atoms with Crippen LogP contribution < -0.4 is 0 Å². The van der Waals surface area contributed by atoms with Gasteiger partial charge in [0.05, 0.1) is 0 Å². The summed E-state index contributed by atoms with van der Waals surface area (Å²) < 4.78 is 0. The summed E-state index contributed by atoms with van der Waals surface area (Å²) in [5.41, 5.74) is 1.91. The number of carbonyl (C=O) groups excluding carboxylic acids is 1. The van der Waals surface area contributed by atoms with E-state index < -0.39 is 0 Å². The Morgan fingerprint density at radius 1 is 1.00 bits per heavy atom. The van der Waals surface area contributed by atoms with E-state index in [0.29, 0.717) is 0 Å². The molecule has 0 aliphatic carbocycles. The van der Waals surface area contributed by atoms with Crippen LogP contribution >= 0.6 is 12.6 Å². The summed E-state index contributed by atoms with van der Waals surface area (Å²) in [4.78, 5) is 11.3. The van der Waals surface area contributed by atoms with E-state index in [9.17, 15) is 4.79 Å². The Bertz CT molecular complexity index is 360. The molecule has 1 aromatic rings. The summed E-state index contributed by atoms with van der Waals surface area (Å²) in [5.74, 6) is 0. The number of rotatable bonds is 9. The first-order valence-electron chi connectivity index (χ1n) is 7.07. The van der Waals surface area contributed by atoms with Crippen molar-refractivity contribution in [2.24, 2.45) is 0 Å². The summed E-state index contributed by atoms with van der Waals surface area (Å²) in [6.07, 6.45) is 10.1. The highest BCUT2D eigenvalue weighted by molar-refractivity contribution is 7.97. The lowest BCUT2D eigenvalue weighted by Crippen LogP contribution is -1.97. The Kier molecular flexibility index (Phi) is 7.83. The molecule has 1 rings (SSSR count). The quantitative estimate of drug-likeness (QED) is 0.488. The van der Waals surface area contributed by atoms with Crippen LogP contribution in [-0.4, -0.2) is 5.12 Å². The van der Waals surface area contributed by atoms with E-state index in [1.54, 1.807) is 0 Å². The zero-order chi connectivity index (χ0) is 13.2. The molecule has 0 radical (unpaired) electrons. The third-order valence-electron chi connectivity index (χ3n) is 3.30. The molecule has 18 heavy (non-hydrogen) atoms. The summed E-state index contributed by atoms with van der Waals surface area (Å²) in [7, 11) is 0. The predicted molar refractivity (Wildman–Crippen MR) is 81.5 cm³/mol. The summed E-state index contributed by atoms with van der Waals surface area (Å²) in [5, 5.41) is -0.117. The van der Waals surface area contributed by atoms with Crippen LogP contribution in [0, 0.1) is 0 Å². The third kappa shape index (κ3) is 5.72. The lowest BCUT2D eigenvalue weighted by molar-refractivity contribution is 0.109. The molecule has 0 aliphatic rings. The second kappa shape index (κ2) is 9.21.